The SMILES string of the molecule is CC[C@H](C)NC(=O)[C@@H](C)N(CCc1ccccc1)C(=O)CN(c1cccc(Br)c1)S(=O)(=O)c1ccccc1. The summed E-state index contributed by atoms with van der Waals surface area (Å²) in [6.07, 6.45) is 1.28. The molecule has 0 heterocycles. The Kier molecular flexibility index (Phi) is 10.5. The van der Waals surface area contributed by atoms with Crippen LogP contribution in [0.1, 0.15) is 32.8 Å². The average molecular weight is 601 g/mol. The number of hydrogen-bond acceptors (Lipinski definition) is 4. The number of anilines is 1. The lowest BCUT2D eigenvalue weighted by molar-refractivity contribution is -0.139. The van der Waals surface area contributed by atoms with Gasteiger partial charge in [0, 0.05) is 17.1 Å². The molecule has 0 spiro atoms. The average Bonchev–Trinajstić information content (AvgIpc) is 2.92. The molecule has 2 atom stereocenters. The summed E-state index contributed by atoms with van der Waals surface area (Å²) in [5.74, 6) is -0.743. The quantitative estimate of drug-likeness (QED) is 0.317. The molecule has 0 aliphatic heterocycles. The standard InChI is InChI=1S/C29H34BrN3O4S/c1-4-22(2)31-29(35)23(3)32(19-18-24-12-7-5-8-13-24)28(34)21-33(26-15-11-14-25(30)20-26)38(36,37)27-16-9-6-10-17-27/h5-17,20,22-23H,4,18-19,21H2,1-3H3,(H,31,35)/t22-,23+/m0/s1. The molecule has 0 aromatic heterocycles. The molecule has 0 bridgehead atoms. The predicted octanol–water partition coefficient (Wildman–Crippen LogP) is 5.02. The fourth-order valence-corrected chi connectivity index (χ4v) is 5.73. The predicted molar refractivity (Wildman–Crippen MR) is 154 cm³/mol. The van der Waals surface area contributed by atoms with E-state index in [9.17, 15) is 18.0 Å². The van der Waals surface area contributed by atoms with E-state index < -0.39 is 28.5 Å². The molecular weight excluding hydrogens is 566 g/mol. The number of halogens is 1. The lowest BCUT2D eigenvalue weighted by Gasteiger charge is -2.32. The van der Waals surface area contributed by atoms with Crippen molar-refractivity contribution in [2.24, 2.45) is 0 Å². The highest BCUT2D eigenvalue weighted by Crippen LogP contribution is 2.26. The second-order valence-electron chi connectivity index (χ2n) is 9.12. The Morgan fingerprint density at radius 3 is 2.16 bits per heavy atom. The molecule has 0 saturated carbocycles. The van der Waals surface area contributed by atoms with Gasteiger partial charge in [-0.1, -0.05) is 77.5 Å². The summed E-state index contributed by atoms with van der Waals surface area (Å²) >= 11 is 3.40. The van der Waals surface area contributed by atoms with Crippen molar-refractivity contribution in [2.75, 3.05) is 17.4 Å². The molecular formula is C29H34BrN3O4S. The molecule has 2 amide bonds. The molecule has 3 rings (SSSR count). The van der Waals surface area contributed by atoms with Crippen molar-refractivity contribution in [3.63, 3.8) is 0 Å². The zero-order valence-electron chi connectivity index (χ0n) is 21.9. The van der Waals surface area contributed by atoms with Gasteiger partial charge in [0.1, 0.15) is 12.6 Å². The van der Waals surface area contributed by atoms with Crippen molar-refractivity contribution in [1.29, 1.82) is 0 Å². The molecule has 9 heteroatoms. The summed E-state index contributed by atoms with van der Waals surface area (Å²) in [7, 11) is -4.07. The third kappa shape index (κ3) is 7.68. The summed E-state index contributed by atoms with van der Waals surface area (Å²) in [4.78, 5) is 28.4. The van der Waals surface area contributed by atoms with Gasteiger partial charge in [-0.2, -0.15) is 0 Å². The largest absolute Gasteiger partial charge is 0.352 e. The van der Waals surface area contributed by atoms with E-state index in [0.29, 0.717) is 16.6 Å². The van der Waals surface area contributed by atoms with Gasteiger partial charge in [0.25, 0.3) is 10.0 Å². The summed E-state index contributed by atoms with van der Waals surface area (Å²) in [5.41, 5.74) is 1.36. The molecule has 7 nitrogen and oxygen atoms in total. The highest BCUT2D eigenvalue weighted by atomic mass is 79.9. The number of nitrogens with one attached hydrogen (secondary N) is 1. The smallest absolute Gasteiger partial charge is 0.264 e. The van der Waals surface area contributed by atoms with Crippen molar-refractivity contribution in [1.82, 2.24) is 10.2 Å². The number of benzene rings is 3. The van der Waals surface area contributed by atoms with Crippen LogP contribution in [0, 0.1) is 0 Å². The Morgan fingerprint density at radius 1 is 0.921 bits per heavy atom. The molecule has 0 radical (unpaired) electrons. The maximum absolute atomic E-state index is 13.8. The minimum atomic E-state index is -4.07. The maximum Gasteiger partial charge on any atom is 0.264 e. The zero-order valence-corrected chi connectivity index (χ0v) is 24.3. The highest BCUT2D eigenvalue weighted by molar-refractivity contribution is 9.10. The Bertz CT molecular complexity index is 1320. The fraction of sp³-hybridized carbons (Fsp3) is 0.310. The van der Waals surface area contributed by atoms with Crippen LogP contribution in [0.25, 0.3) is 0 Å². The summed E-state index contributed by atoms with van der Waals surface area (Å²) in [6, 6.07) is 23.6. The van der Waals surface area contributed by atoms with Crippen LogP contribution in [0.15, 0.2) is 94.3 Å². The van der Waals surface area contributed by atoms with E-state index in [0.717, 1.165) is 16.3 Å². The summed E-state index contributed by atoms with van der Waals surface area (Å²) in [5, 5.41) is 2.94. The topological polar surface area (TPSA) is 86.8 Å². The van der Waals surface area contributed by atoms with E-state index in [4.69, 9.17) is 0 Å². The molecule has 0 unspecified atom stereocenters. The van der Waals surface area contributed by atoms with Crippen LogP contribution in [-0.4, -0.2) is 50.3 Å². The van der Waals surface area contributed by atoms with E-state index in [2.05, 4.69) is 21.2 Å². The van der Waals surface area contributed by atoms with Gasteiger partial charge in [0.2, 0.25) is 11.8 Å². The van der Waals surface area contributed by atoms with E-state index in [-0.39, 0.29) is 23.4 Å². The van der Waals surface area contributed by atoms with Crippen LogP contribution in [0.3, 0.4) is 0 Å². The number of nitrogens with zero attached hydrogens (tertiary/aromatic N) is 2. The summed E-state index contributed by atoms with van der Waals surface area (Å²) in [6.45, 7) is 5.36. The first-order valence-electron chi connectivity index (χ1n) is 12.6. The third-order valence-electron chi connectivity index (χ3n) is 6.36. The number of carbonyl (C=O) groups is 2. The number of carbonyl (C=O) groups excluding carboxylic acids is 2. The molecule has 3 aromatic rings. The normalized spacial score (nSPS) is 12.8. The van der Waals surface area contributed by atoms with E-state index in [1.165, 1.54) is 17.0 Å². The van der Waals surface area contributed by atoms with Crippen molar-refractivity contribution < 1.29 is 18.0 Å². The van der Waals surface area contributed by atoms with Crippen molar-refractivity contribution in [3.05, 3.63) is 95.0 Å². The van der Waals surface area contributed by atoms with Gasteiger partial charge in [0.15, 0.2) is 0 Å². The van der Waals surface area contributed by atoms with Crippen LogP contribution < -0.4 is 9.62 Å². The Hall–Kier alpha value is -3.17. The molecule has 1 N–H and O–H groups in total. The Morgan fingerprint density at radius 2 is 1.55 bits per heavy atom. The first-order valence-corrected chi connectivity index (χ1v) is 14.8. The van der Waals surface area contributed by atoms with Crippen LogP contribution in [-0.2, 0) is 26.0 Å². The molecule has 0 fully saturated rings. The lowest BCUT2D eigenvalue weighted by atomic mass is 10.1. The van der Waals surface area contributed by atoms with E-state index >= 15 is 0 Å². The first kappa shape index (κ1) is 29.4. The number of amides is 2. The van der Waals surface area contributed by atoms with Gasteiger partial charge >= 0.3 is 0 Å². The summed E-state index contributed by atoms with van der Waals surface area (Å²) < 4.78 is 29.2. The Balaban J connectivity index is 1.96. The monoisotopic (exact) mass is 599 g/mol. The first-order chi connectivity index (χ1) is 18.1. The molecule has 0 aliphatic carbocycles. The van der Waals surface area contributed by atoms with Gasteiger partial charge in [-0.3, -0.25) is 13.9 Å². The van der Waals surface area contributed by atoms with Crippen molar-refractivity contribution in [2.45, 2.75) is 50.6 Å². The molecule has 3 aromatic carbocycles. The van der Waals surface area contributed by atoms with Gasteiger partial charge < -0.3 is 10.2 Å². The van der Waals surface area contributed by atoms with Gasteiger partial charge in [-0.25, -0.2) is 8.42 Å². The minimum absolute atomic E-state index is 0.0485. The maximum atomic E-state index is 13.8. The molecule has 0 aliphatic rings. The number of rotatable bonds is 12. The minimum Gasteiger partial charge on any atom is -0.352 e. The Labute approximate surface area is 234 Å². The van der Waals surface area contributed by atoms with E-state index in [1.807, 2.05) is 44.2 Å². The molecule has 202 valence electrons. The fourth-order valence-electron chi connectivity index (χ4n) is 3.92. The number of sulfonamides is 1. The molecule has 38 heavy (non-hydrogen) atoms. The zero-order chi connectivity index (χ0) is 27.7. The lowest BCUT2D eigenvalue weighted by Crippen LogP contribution is -2.53. The van der Waals surface area contributed by atoms with Crippen molar-refractivity contribution >= 4 is 43.5 Å². The van der Waals surface area contributed by atoms with Crippen molar-refractivity contribution in [3.8, 4) is 0 Å². The van der Waals surface area contributed by atoms with Gasteiger partial charge in [-0.05, 0) is 62.6 Å². The highest BCUT2D eigenvalue weighted by Gasteiger charge is 2.32. The van der Waals surface area contributed by atoms with Crippen LogP contribution in [0.4, 0.5) is 5.69 Å². The molecule has 0 saturated heterocycles. The van der Waals surface area contributed by atoms with Crippen LogP contribution in [0.2, 0.25) is 0 Å². The van der Waals surface area contributed by atoms with E-state index in [1.54, 1.807) is 49.4 Å². The second-order valence-corrected chi connectivity index (χ2v) is 11.9. The van der Waals surface area contributed by atoms with Crippen LogP contribution >= 0.6 is 15.9 Å². The third-order valence-corrected chi connectivity index (χ3v) is 8.64. The van der Waals surface area contributed by atoms with Crippen LogP contribution in [0.5, 0.6) is 0 Å². The van der Waals surface area contributed by atoms with Gasteiger partial charge in [0.05, 0.1) is 10.6 Å². The van der Waals surface area contributed by atoms with Gasteiger partial charge in [-0.15, -0.1) is 0 Å². The number of hydrogen-bond donors (Lipinski definition) is 1. The second kappa shape index (κ2) is 13.6.